The predicted molar refractivity (Wildman–Crippen MR) is 104 cm³/mol. The molecule has 2 heterocycles. The third-order valence-corrected chi connectivity index (χ3v) is 4.05. The van der Waals surface area contributed by atoms with Crippen LogP contribution in [0.25, 0.3) is 22.3 Å². The van der Waals surface area contributed by atoms with Gasteiger partial charge in [-0.05, 0) is 26.3 Å². The summed E-state index contributed by atoms with van der Waals surface area (Å²) in [5.74, 6) is 0. The van der Waals surface area contributed by atoms with Gasteiger partial charge in [0.15, 0.2) is 0 Å². The van der Waals surface area contributed by atoms with E-state index in [4.69, 9.17) is 4.84 Å². The van der Waals surface area contributed by atoms with E-state index in [1.807, 2.05) is 51.1 Å². The molecule has 0 aliphatic carbocycles. The van der Waals surface area contributed by atoms with Gasteiger partial charge in [-0.25, -0.2) is 10.0 Å². The minimum atomic E-state index is -0.543. The van der Waals surface area contributed by atoms with Crippen molar-refractivity contribution in [3.05, 3.63) is 52.6 Å². The maximum Gasteiger partial charge on any atom is 0.275 e. The van der Waals surface area contributed by atoms with Crippen LogP contribution in [-0.2, 0) is 16.2 Å². The fourth-order valence-corrected chi connectivity index (χ4v) is 3.08. The average Bonchev–Trinajstić information content (AvgIpc) is 2.99. The number of hydrogen-bond donors (Lipinski definition) is 1. The Kier molecular flexibility index (Phi) is 5.29. The molecule has 1 aromatic carbocycles. The van der Waals surface area contributed by atoms with E-state index in [2.05, 4.69) is 16.0 Å². The largest absolute Gasteiger partial charge is 0.332 e. The molecule has 8 nitrogen and oxygen atoms in total. The van der Waals surface area contributed by atoms with Gasteiger partial charge in [-0.1, -0.05) is 30.3 Å². The standard InChI is InChI=1S/C20H21N5O3/c1-20(2,3)28-24(13-26)9-10-25-17(14-7-5-4-6-8-14)15(11-21)16-18(25)19(27)23-12-22-16/h4-8,12-13H,9-10H2,1-3H3,(H,22,23,27). The molecular weight excluding hydrogens is 358 g/mol. The van der Waals surface area contributed by atoms with Crippen LogP contribution in [0.2, 0.25) is 0 Å². The highest BCUT2D eigenvalue weighted by Gasteiger charge is 2.23. The zero-order valence-corrected chi connectivity index (χ0v) is 16.0. The van der Waals surface area contributed by atoms with Gasteiger partial charge in [-0.3, -0.25) is 14.4 Å². The number of fused-ring (bicyclic) bond motifs is 1. The van der Waals surface area contributed by atoms with Crippen molar-refractivity contribution in [2.45, 2.75) is 32.9 Å². The summed E-state index contributed by atoms with van der Waals surface area (Å²) in [7, 11) is 0. The van der Waals surface area contributed by atoms with Crippen molar-refractivity contribution in [3.8, 4) is 17.3 Å². The average molecular weight is 379 g/mol. The van der Waals surface area contributed by atoms with Crippen molar-refractivity contribution in [3.63, 3.8) is 0 Å². The Bertz CT molecular complexity index is 1090. The highest BCUT2D eigenvalue weighted by molar-refractivity contribution is 5.91. The maximum atomic E-state index is 12.5. The SMILES string of the molecule is CC(C)(C)ON(C=O)CCn1c(-c2ccccc2)c(C#N)c2nc[nH]c(=O)c21. The summed E-state index contributed by atoms with van der Waals surface area (Å²) in [5, 5.41) is 10.9. The number of carbonyl (C=O) groups is 1. The topological polar surface area (TPSA) is 104 Å². The summed E-state index contributed by atoms with van der Waals surface area (Å²) < 4.78 is 1.72. The summed E-state index contributed by atoms with van der Waals surface area (Å²) in [6.07, 6.45) is 1.89. The van der Waals surface area contributed by atoms with Crippen LogP contribution in [-0.4, -0.2) is 38.2 Å². The first-order valence-electron chi connectivity index (χ1n) is 8.82. The maximum absolute atomic E-state index is 12.5. The Morgan fingerprint density at radius 2 is 2.04 bits per heavy atom. The summed E-state index contributed by atoms with van der Waals surface area (Å²) in [6, 6.07) is 11.5. The quantitative estimate of drug-likeness (QED) is 0.523. The van der Waals surface area contributed by atoms with Crippen LogP contribution in [0.4, 0.5) is 0 Å². The molecule has 0 saturated heterocycles. The van der Waals surface area contributed by atoms with Crippen LogP contribution in [0.3, 0.4) is 0 Å². The molecule has 0 unspecified atom stereocenters. The second kappa shape index (κ2) is 7.66. The highest BCUT2D eigenvalue weighted by atomic mass is 16.7. The van der Waals surface area contributed by atoms with E-state index in [9.17, 15) is 14.9 Å². The molecule has 0 spiro atoms. The van der Waals surface area contributed by atoms with Crippen molar-refractivity contribution in [2.75, 3.05) is 6.54 Å². The summed E-state index contributed by atoms with van der Waals surface area (Å²) in [6.45, 7) is 5.97. The number of nitrogens with one attached hydrogen (secondary N) is 1. The van der Waals surface area contributed by atoms with Gasteiger partial charge >= 0.3 is 0 Å². The Morgan fingerprint density at radius 1 is 1.32 bits per heavy atom. The fraction of sp³-hybridized carbons (Fsp3) is 0.300. The molecule has 0 atom stereocenters. The van der Waals surface area contributed by atoms with Gasteiger partial charge in [0.2, 0.25) is 6.41 Å². The van der Waals surface area contributed by atoms with Crippen molar-refractivity contribution in [2.24, 2.45) is 0 Å². The molecule has 3 rings (SSSR count). The number of aromatic nitrogens is 3. The smallest absolute Gasteiger partial charge is 0.275 e. The molecule has 0 aliphatic heterocycles. The van der Waals surface area contributed by atoms with Crippen molar-refractivity contribution in [1.82, 2.24) is 19.6 Å². The molecule has 0 saturated carbocycles. The van der Waals surface area contributed by atoms with Gasteiger partial charge < -0.3 is 9.55 Å². The van der Waals surface area contributed by atoms with Crippen LogP contribution in [0, 0.1) is 11.3 Å². The number of nitriles is 1. The summed E-state index contributed by atoms with van der Waals surface area (Å²) >= 11 is 0. The van der Waals surface area contributed by atoms with Gasteiger partial charge in [0.25, 0.3) is 5.56 Å². The van der Waals surface area contributed by atoms with E-state index in [-0.39, 0.29) is 18.6 Å². The zero-order chi connectivity index (χ0) is 20.3. The number of H-pyrrole nitrogens is 1. The molecule has 144 valence electrons. The lowest BCUT2D eigenvalue weighted by molar-refractivity contribution is -0.216. The first-order valence-corrected chi connectivity index (χ1v) is 8.82. The second-order valence-corrected chi connectivity index (χ2v) is 7.23. The highest BCUT2D eigenvalue weighted by Crippen LogP contribution is 2.30. The second-order valence-electron chi connectivity index (χ2n) is 7.23. The monoisotopic (exact) mass is 379 g/mol. The van der Waals surface area contributed by atoms with Gasteiger partial charge in [-0.2, -0.15) is 5.26 Å². The Hall–Kier alpha value is -3.44. The number of amides is 1. The number of nitrogens with zero attached hydrogens (tertiary/aromatic N) is 4. The summed E-state index contributed by atoms with van der Waals surface area (Å²) in [4.78, 5) is 36.3. The minimum absolute atomic E-state index is 0.198. The number of hydrogen-bond acceptors (Lipinski definition) is 5. The van der Waals surface area contributed by atoms with Crippen molar-refractivity contribution in [1.29, 1.82) is 5.26 Å². The van der Waals surface area contributed by atoms with E-state index in [1.165, 1.54) is 11.4 Å². The third kappa shape index (κ3) is 3.80. The number of carbonyl (C=O) groups excluding carboxylic acids is 1. The molecule has 0 radical (unpaired) electrons. The lowest BCUT2D eigenvalue weighted by Gasteiger charge is -2.27. The van der Waals surface area contributed by atoms with E-state index in [0.29, 0.717) is 28.7 Å². The van der Waals surface area contributed by atoms with Crippen molar-refractivity contribution < 1.29 is 9.63 Å². The first kappa shape index (κ1) is 19.3. The minimum Gasteiger partial charge on any atom is -0.332 e. The molecule has 8 heteroatoms. The van der Waals surface area contributed by atoms with E-state index in [0.717, 1.165) is 5.56 Å². The van der Waals surface area contributed by atoms with Gasteiger partial charge in [0.05, 0.1) is 24.2 Å². The van der Waals surface area contributed by atoms with Crippen molar-refractivity contribution >= 4 is 17.4 Å². The molecule has 0 bridgehead atoms. The molecule has 0 aliphatic rings. The van der Waals surface area contributed by atoms with Gasteiger partial charge in [0, 0.05) is 6.54 Å². The fourth-order valence-electron chi connectivity index (χ4n) is 3.08. The van der Waals surface area contributed by atoms with Gasteiger partial charge in [-0.15, -0.1) is 0 Å². The number of benzene rings is 1. The molecular formula is C20H21N5O3. The normalized spacial score (nSPS) is 11.4. The molecule has 28 heavy (non-hydrogen) atoms. The predicted octanol–water partition coefficient (Wildman–Crippen LogP) is 2.45. The zero-order valence-electron chi connectivity index (χ0n) is 16.0. The van der Waals surface area contributed by atoms with Crippen LogP contribution in [0.1, 0.15) is 26.3 Å². The lowest BCUT2D eigenvalue weighted by Crippen LogP contribution is -2.35. The van der Waals surface area contributed by atoms with Crippen LogP contribution in [0.5, 0.6) is 0 Å². The number of rotatable bonds is 6. The third-order valence-electron chi connectivity index (χ3n) is 4.05. The van der Waals surface area contributed by atoms with E-state index in [1.54, 1.807) is 4.57 Å². The Labute approximate surface area is 161 Å². The van der Waals surface area contributed by atoms with Crippen LogP contribution in [0.15, 0.2) is 41.5 Å². The molecule has 3 aromatic rings. The number of aromatic amines is 1. The number of hydroxylamine groups is 2. The Morgan fingerprint density at radius 3 is 2.64 bits per heavy atom. The van der Waals surface area contributed by atoms with E-state index >= 15 is 0 Å². The van der Waals surface area contributed by atoms with Gasteiger partial charge in [0.1, 0.15) is 22.7 Å². The first-order chi connectivity index (χ1) is 13.4. The molecule has 0 fully saturated rings. The van der Waals surface area contributed by atoms with E-state index < -0.39 is 5.60 Å². The lowest BCUT2D eigenvalue weighted by atomic mass is 10.1. The van der Waals surface area contributed by atoms with Crippen LogP contribution >= 0.6 is 0 Å². The molecule has 1 N–H and O–H groups in total. The molecule has 2 aromatic heterocycles. The summed E-state index contributed by atoms with van der Waals surface area (Å²) in [5.41, 5.74) is 1.42. The van der Waals surface area contributed by atoms with Crippen LogP contribution < -0.4 is 5.56 Å². The Balaban J connectivity index is 2.14. The molecule has 1 amide bonds.